The van der Waals surface area contributed by atoms with E-state index in [2.05, 4.69) is 11.9 Å². The predicted molar refractivity (Wildman–Crippen MR) is 118 cm³/mol. The zero-order chi connectivity index (χ0) is 23.1. The molecule has 0 amide bonds. The summed E-state index contributed by atoms with van der Waals surface area (Å²) in [4.78, 5) is 17.2. The number of carbonyl (C=O) groups excluding carboxylic acids is 1. The highest BCUT2D eigenvalue weighted by Crippen LogP contribution is 2.32. The molecule has 8 heteroatoms. The second-order valence-corrected chi connectivity index (χ2v) is 9.12. The summed E-state index contributed by atoms with van der Waals surface area (Å²) in [5.41, 5.74) is 0.383. The van der Waals surface area contributed by atoms with Gasteiger partial charge >= 0.3 is 5.97 Å². The Bertz CT molecular complexity index is 974. The quantitative estimate of drug-likeness (QED) is 0.287. The molecule has 7 nitrogen and oxygen atoms in total. The van der Waals surface area contributed by atoms with Gasteiger partial charge < -0.3 is 9.47 Å². The molecule has 2 atom stereocenters. The Kier molecular flexibility index (Phi) is 8.59. The highest BCUT2D eigenvalue weighted by Gasteiger charge is 2.42. The van der Waals surface area contributed by atoms with Gasteiger partial charge in [-0.2, -0.15) is 8.42 Å². The first-order valence-electron chi connectivity index (χ1n) is 10.4. The Morgan fingerprint density at radius 3 is 2.52 bits per heavy atom. The van der Waals surface area contributed by atoms with Crippen molar-refractivity contribution in [3.05, 3.63) is 59.4 Å². The normalized spacial score (nSPS) is 14.5. The Labute approximate surface area is 184 Å². The van der Waals surface area contributed by atoms with Crippen molar-refractivity contribution in [2.75, 3.05) is 12.9 Å². The van der Waals surface area contributed by atoms with Crippen LogP contribution in [0.1, 0.15) is 63.5 Å². The maximum Gasteiger partial charge on any atom is 0.344 e. The van der Waals surface area contributed by atoms with Gasteiger partial charge in [-0.25, -0.2) is 8.98 Å². The summed E-state index contributed by atoms with van der Waals surface area (Å²) in [7, 11) is -3.94. The van der Waals surface area contributed by atoms with Gasteiger partial charge in [0, 0.05) is 6.20 Å². The molecular formula is C23H31NO6S. The second kappa shape index (κ2) is 10.7. The lowest BCUT2D eigenvalue weighted by molar-refractivity contribution is -0.161. The van der Waals surface area contributed by atoms with Crippen molar-refractivity contribution in [1.29, 1.82) is 0 Å². The number of aromatic nitrogens is 1. The molecule has 0 aliphatic rings. The molecule has 0 radical (unpaired) electrons. The third kappa shape index (κ3) is 7.04. The summed E-state index contributed by atoms with van der Waals surface area (Å²) in [5, 5.41) is 0. The number of nitrogens with zero attached hydrogens (tertiary/aromatic N) is 1. The summed E-state index contributed by atoms with van der Waals surface area (Å²) in [6.45, 7) is 7.46. The van der Waals surface area contributed by atoms with Gasteiger partial charge in [0.15, 0.2) is 0 Å². The third-order valence-electron chi connectivity index (χ3n) is 4.81. The minimum atomic E-state index is -3.94. The van der Waals surface area contributed by atoms with E-state index in [-0.39, 0.29) is 12.7 Å². The molecule has 0 N–H and O–H groups in total. The molecule has 0 saturated carbocycles. The SMILES string of the molecule is CCCCOC(=O)C(C)(OS(C)(=O)=O)c1cccc(OC(C)c2ccc(CC)cn2)c1. The number of unbranched alkanes of at least 4 members (excludes halogenated alkanes) is 1. The molecule has 0 spiro atoms. The van der Waals surface area contributed by atoms with Crippen LogP contribution >= 0.6 is 0 Å². The van der Waals surface area contributed by atoms with Crippen molar-refractivity contribution in [2.45, 2.75) is 58.7 Å². The number of aryl methyl sites for hydroxylation is 1. The van der Waals surface area contributed by atoms with E-state index in [1.165, 1.54) is 6.92 Å². The van der Waals surface area contributed by atoms with Crippen LogP contribution in [-0.2, 0) is 35.9 Å². The molecule has 1 heterocycles. The van der Waals surface area contributed by atoms with Crippen LogP contribution in [0.2, 0.25) is 0 Å². The summed E-state index contributed by atoms with van der Waals surface area (Å²) in [6.07, 6.45) is 4.78. The van der Waals surface area contributed by atoms with E-state index in [0.29, 0.717) is 17.7 Å². The number of hydrogen-bond acceptors (Lipinski definition) is 7. The van der Waals surface area contributed by atoms with Gasteiger partial charge in [0.25, 0.3) is 10.1 Å². The summed E-state index contributed by atoms with van der Waals surface area (Å²) in [5.74, 6) is -0.315. The molecule has 0 fully saturated rings. The highest BCUT2D eigenvalue weighted by molar-refractivity contribution is 7.86. The first-order valence-corrected chi connectivity index (χ1v) is 12.2. The Morgan fingerprint density at radius 1 is 1.19 bits per heavy atom. The molecule has 1 aromatic carbocycles. The van der Waals surface area contributed by atoms with Crippen molar-refractivity contribution in [1.82, 2.24) is 4.98 Å². The van der Waals surface area contributed by atoms with Crippen LogP contribution in [0.15, 0.2) is 42.6 Å². The number of ether oxygens (including phenoxy) is 2. The zero-order valence-corrected chi connectivity index (χ0v) is 19.6. The third-order valence-corrected chi connectivity index (χ3v) is 5.44. The van der Waals surface area contributed by atoms with Crippen molar-refractivity contribution >= 4 is 16.1 Å². The van der Waals surface area contributed by atoms with E-state index < -0.39 is 21.7 Å². The van der Waals surface area contributed by atoms with E-state index in [1.807, 2.05) is 32.2 Å². The topological polar surface area (TPSA) is 91.8 Å². The molecule has 170 valence electrons. The number of benzene rings is 1. The fourth-order valence-electron chi connectivity index (χ4n) is 2.97. The average molecular weight is 450 g/mol. The van der Waals surface area contributed by atoms with Crippen LogP contribution in [0.3, 0.4) is 0 Å². The van der Waals surface area contributed by atoms with Crippen molar-refractivity contribution in [2.24, 2.45) is 0 Å². The van der Waals surface area contributed by atoms with Crippen LogP contribution in [0.25, 0.3) is 0 Å². The highest BCUT2D eigenvalue weighted by atomic mass is 32.2. The van der Waals surface area contributed by atoms with Crippen molar-refractivity contribution in [3.8, 4) is 5.75 Å². The Balaban J connectivity index is 2.29. The first-order chi connectivity index (χ1) is 14.6. The van der Waals surface area contributed by atoms with Crippen LogP contribution < -0.4 is 4.74 Å². The number of carbonyl (C=O) groups is 1. The molecule has 31 heavy (non-hydrogen) atoms. The lowest BCUT2D eigenvalue weighted by atomic mass is 9.96. The van der Waals surface area contributed by atoms with Gasteiger partial charge in [0.05, 0.1) is 18.6 Å². The molecule has 0 saturated heterocycles. The maximum atomic E-state index is 12.8. The lowest BCUT2D eigenvalue weighted by Gasteiger charge is -2.27. The Hall–Kier alpha value is -2.45. The molecule has 0 bridgehead atoms. The standard InChI is InChI=1S/C23H31NO6S/c1-6-8-14-28-22(25)23(4,30-31(5,26)27)19-10-9-11-20(15-19)29-17(3)21-13-12-18(7-2)16-24-21/h9-13,15-17H,6-8,14H2,1-5H3. The largest absolute Gasteiger partial charge is 0.484 e. The van der Waals surface area contributed by atoms with Gasteiger partial charge in [0.2, 0.25) is 5.60 Å². The second-order valence-electron chi connectivity index (χ2n) is 7.54. The fraction of sp³-hybridized carbons (Fsp3) is 0.478. The van der Waals surface area contributed by atoms with Crippen LogP contribution in [0, 0.1) is 0 Å². The molecule has 2 rings (SSSR count). The van der Waals surface area contributed by atoms with Gasteiger partial charge in [-0.1, -0.05) is 38.5 Å². The number of rotatable bonds is 11. The first kappa shape index (κ1) is 24.8. The van der Waals surface area contributed by atoms with Gasteiger partial charge in [-0.15, -0.1) is 0 Å². The number of pyridine rings is 1. The monoisotopic (exact) mass is 449 g/mol. The van der Waals surface area contributed by atoms with E-state index in [1.54, 1.807) is 24.3 Å². The summed E-state index contributed by atoms with van der Waals surface area (Å²) in [6, 6.07) is 10.5. The maximum absolute atomic E-state index is 12.8. The van der Waals surface area contributed by atoms with Crippen LogP contribution in [-0.4, -0.2) is 32.2 Å². The van der Waals surface area contributed by atoms with Gasteiger partial charge in [0.1, 0.15) is 11.9 Å². The molecule has 0 aliphatic carbocycles. The minimum Gasteiger partial charge on any atom is -0.484 e. The molecular weight excluding hydrogens is 418 g/mol. The Morgan fingerprint density at radius 2 is 1.94 bits per heavy atom. The predicted octanol–water partition coefficient (Wildman–Crippen LogP) is 4.32. The smallest absolute Gasteiger partial charge is 0.344 e. The van der Waals surface area contributed by atoms with Gasteiger partial charge in [-0.3, -0.25) is 4.98 Å². The molecule has 2 unspecified atom stereocenters. The molecule has 1 aromatic heterocycles. The van der Waals surface area contributed by atoms with E-state index in [0.717, 1.165) is 30.4 Å². The van der Waals surface area contributed by atoms with E-state index in [9.17, 15) is 13.2 Å². The number of esters is 1. The van der Waals surface area contributed by atoms with Crippen molar-refractivity contribution < 1.29 is 26.9 Å². The zero-order valence-electron chi connectivity index (χ0n) is 18.8. The molecule has 2 aromatic rings. The number of hydrogen-bond donors (Lipinski definition) is 0. The average Bonchev–Trinajstić information content (AvgIpc) is 2.72. The fourth-order valence-corrected chi connectivity index (χ4v) is 3.74. The lowest BCUT2D eigenvalue weighted by Crippen LogP contribution is -2.39. The van der Waals surface area contributed by atoms with Crippen LogP contribution in [0.5, 0.6) is 5.75 Å². The summed E-state index contributed by atoms with van der Waals surface area (Å²) >= 11 is 0. The van der Waals surface area contributed by atoms with Crippen molar-refractivity contribution in [3.63, 3.8) is 0 Å². The molecule has 0 aliphatic heterocycles. The van der Waals surface area contributed by atoms with E-state index in [4.69, 9.17) is 13.7 Å². The van der Waals surface area contributed by atoms with Gasteiger partial charge in [-0.05, 0) is 56.0 Å². The van der Waals surface area contributed by atoms with E-state index >= 15 is 0 Å². The van der Waals surface area contributed by atoms with Crippen LogP contribution in [0.4, 0.5) is 0 Å². The minimum absolute atomic E-state index is 0.185. The summed E-state index contributed by atoms with van der Waals surface area (Å²) < 4.78 is 40.3.